The molecule has 47 heavy (non-hydrogen) atoms. The van der Waals surface area contributed by atoms with Gasteiger partial charge in [0.05, 0.1) is 22.3 Å². The van der Waals surface area contributed by atoms with Crippen molar-refractivity contribution in [1.29, 1.82) is 0 Å². The average Bonchev–Trinajstić information content (AvgIpc) is 3.56. The van der Waals surface area contributed by atoms with Crippen LogP contribution in [0.1, 0.15) is 53.1 Å². The number of nitrogens with zero attached hydrogens (tertiary/aromatic N) is 5. The number of halogens is 4. The predicted molar refractivity (Wildman–Crippen MR) is 193 cm³/mol. The maximum atomic E-state index is 13.4. The smallest absolute Gasteiger partial charge is 0.320 e. The molecule has 0 radical (unpaired) electrons. The van der Waals surface area contributed by atoms with Gasteiger partial charge in [-0.2, -0.15) is 11.3 Å². The van der Waals surface area contributed by atoms with Gasteiger partial charge in [-0.15, -0.1) is 0 Å². The quantitative estimate of drug-likeness (QED) is 0.138. The second kappa shape index (κ2) is 16.7. The lowest BCUT2D eigenvalue weighted by atomic mass is 9.89. The Balaban J connectivity index is 1.25. The third kappa shape index (κ3) is 9.34. The first kappa shape index (κ1) is 35.8. The molecule has 1 atom stereocenters. The summed E-state index contributed by atoms with van der Waals surface area (Å²) in [6.07, 6.45) is 3.55. The summed E-state index contributed by atoms with van der Waals surface area (Å²) in [5.41, 5.74) is 3.19. The molecule has 5 rings (SSSR count). The standard InChI is InChI=1S/C34H39Cl4N5O3S/c1-40(33(44)25-16-26(35)19-27(36)17-25)21-32(39-46-2)29(24-4-5-30(37)31(38)18-24)8-14-41-12-6-28(7-13-41)43-11-3-10-42(34(43)45)20-23-9-15-47-22-23/h4-5,9,15-19,22,28-29H,3,6-8,10-14,20-21H2,1-2H3/b39-32-/t29-/m1/s1. The molecule has 2 aliphatic heterocycles. The van der Waals surface area contributed by atoms with Gasteiger partial charge >= 0.3 is 6.03 Å². The van der Waals surface area contributed by atoms with Crippen LogP contribution in [0.4, 0.5) is 4.79 Å². The van der Waals surface area contributed by atoms with Gasteiger partial charge in [0.25, 0.3) is 5.91 Å². The number of piperidine rings is 1. The molecule has 2 aromatic carbocycles. The minimum Gasteiger partial charge on any atom is -0.399 e. The van der Waals surface area contributed by atoms with Crippen LogP contribution in [0.15, 0.2) is 58.4 Å². The fourth-order valence-corrected chi connectivity index (χ4v) is 7.94. The maximum Gasteiger partial charge on any atom is 0.320 e. The molecule has 2 aliphatic rings. The Morgan fingerprint density at radius 3 is 2.43 bits per heavy atom. The molecular weight excluding hydrogens is 700 g/mol. The molecule has 0 aliphatic carbocycles. The molecule has 8 nitrogen and oxygen atoms in total. The Morgan fingerprint density at radius 1 is 1.02 bits per heavy atom. The summed E-state index contributed by atoms with van der Waals surface area (Å²) in [5.74, 6) is -0.440. The lowest BCUT2D eigenvalue weighted by Crippen LogP contribution is -2.55. The molecule has 3 amide bonds. The van der Waals surface area contributed by atoms with E-state index < -0.39 is 0 Å². The Morgan fingerprint density at radius 2 is 1.77 bits per heavy atom. The van der Waals surface area contributed by atoms with E-state index >= 15 is 0 Å². The first-order valence-electron chi connectivity index (χ1n) is 15.7. The number of urea groups is 1. The first-order chi connectivity index (χ1) is 22.6. The van der Waals surface area contributed by atoms with Crippen LogP contribution in [0, 0.1) is 0 Å². The van der Waals surface area contributed by atoms with Gasteiger partial charge in [-0.25, -0.2) is 4.79 Å². The van der Waals surface area contributed by atoms with Crippen LogP contribution < -0.4 is 0 Å². The number of oxime groups is 1. The Kier molecular flexibility index (Phi) is 12.7. The molecule has 1 aromatic heterocycles. The highest BCUT2D eigenvalue weighted by molar-refractivity contribution is 7.07. The number of benzene rings is 2. The number of amides is 3. The summed E-state index contributed by atoms with van der Waals surface area (Å²) in [4.78, 5) is 40.2. The average molecular weight is 740 g/mol. The molecule has 3 heterocycles. The zero-order chi connectivity index (χ0) is 33.5. The van der Waals surface area contributed by atoms with Crippen LogP contribution in [0.5, 0.6) is 0 Å². The highest BCUT2D eigenvalue weighted by atomic mass is 35.5. The number of carbonyl (C=O) groups excluding carboxylic acids is 2. The molecule has 2 fully saturated rings. The molecular formula is C34H39Cl4N5O3S. The van der Waals surface area contributed by atoms with Crippen LogP contribution in [0.2, 0.25) is 20.1 Å². The van der Waals surface area contributed by atoms with Gasteiger partial charge in [-0.05, 0) is 90.5 Å². The van der Waals surface area contributed by atoms with E-state index in [1.165, 1.54) is 12.7 Å². The molecule has 0 saturated carbocycles. The number of rotatable bonds is 12. The summed E-state index contributed by atoms with van der Waals surface area (Å²) in [7, 11) is 3.21. The monoisotopic (exact) mass is 737 g/mol. The van der Waals surface area contributed by atoms with Crippen molar-refractivity contribution in [3.63, 3.8) is 0 Å². The molecule has 0 N–H and O–H groups in total. The van der Waals surface area contributed by atoms with Crippen molar-refractivity contribution >= 4 is 75.4 Å². The second-order valence-corrected chi connectivity index (χ2v) is 14.5. The van der Waals surface area contributed by atoms with Crippen molar-refractivity contribution in [1.82, 2.24) is 19.6 Å². The van der Waals surface area contributed by atoms with Crippen LogP contribution >= 0.6 is 57.7 Å². The van der Waals surface area contributed by atoms with Crippen LogP contribution in [0.3, 0.4) is 0 Å². The van der Waals surface area contributed by atoms with Crippen molar-refractivity contribution in [2.75, 3.05) is 53.4 Å². The van der Waals surface area contributed by atoms with E-state index in [1.54, 1.807) is 47.5 Å². The molecule has 13 heteroatoms. The highest BCUT2D eigenvalue weighted by Crippen LogP contribution is 2.31. The summed E-state index contributed by atoms with van der Waals surface area (Å²) in [5, 5.41) is 10.3. The largest absolute Gasteiger partial charge is 0.399 e. The van der Waals surface area contributed by atoms with Gasteiger partial charge in [0, 0.05) is 67.3 Å². The fourth-order valence-electron chi connectivity index (χ4n) is 6.45. The lowest BCUT2D eigenvalue weighted by molar-refractivity contribution is 0.0761. The molecule has 0 bridgehead atoms. The minimum atomic E-state index is -0.241. The fraction of sp³-hybridized carbons (Fsp3) is 0.441. The lowest BCUT2D eigenvalue weighted by Gasteiger charge is -2.43. The van der Waals surface area contributed by atoms with Crippen molar-refractivity contribution in [3.8, 4) is 0 Å². The Bertz CT molecular complexity index is 1540. The van der Waals surface area contributed by atoms with Crippen LogP contribution in [-0.4, -0.2) is 96.7 Å². The molecule has 3 aromatic rings. The predicted octanol–water partition coefficient (Wildman–Crippen LogP) is 8.40. The van der Waals surface area contributed by atoms with E-state index in [-0.39, 0.29) is 30.4 Å². The number of likely N-dealkylation sites (tertiary alicyclic amines) is 1. The van der Waals surface area contributed by atoms with E-state index in [1.807, 2.05) is 17.0 Å². The minimum absolute atomic E-state index is 0.153. The molecule has 0 spiro atoms. The summed E-state index contributed by atoms with van der Waals surface area (Å²) >= 11 is 26.8. The number of hydrogen-bond donors (Lipinski definition) is 0. The van der Waals surface area contributed by atoms with Gasteiger partial charge in [0.2, 0.25) is 0 Å². The van der Waals surface area contributed by atoms with Crippen molar-refractivity contribution in [3.05, 3.63) is 90.0 Å². The molecule has 2 saturated heterocycles. The number of thiophene rings is 1. The van der Waals surface area contributed by atoms with E-state index in [4.69, 9.17) is 51.2 Å². The van der Waals surface area contributed by atoms with Gasteiger partial charge in [-0.1, -0.05) is 57.6 Å². The van der Waals surface area contributed by atoms with E-state index in [2.05, 4.69) is 31.8 Å². The third-order valence-electron chi connectivity index (χ3n) is 8.84. The summed E-state index contributed by atoms with van der Waals surface area (Å²) < 4.78 is 0. The SMILES string of the molecule is CO/N=C(/CN(C)C(=O)c1cc(Cl)cc(Cl)c1)[C@H](CCN1CCC(N2CCCN(Cc3ccsc3)C2=O)CC1)c1ccc(Cl)c(Cl)c1. The molecule has 252 valence electrons. The van der Waals surface area contributed by atoms with E-state index in [0.717, 1.165) is 57.5 Å². The van der Waals surface area contributed by atoms with E-state index in [0.29, 0.717) is 44.3 Å². The van der Waals surface area contributed by atoms with E-state index in [9.17, 15) is 9.59 Å². The zero-order valence-corrected chi connectivity index (χ0v) is 30.4. The van der Waals surface area contributed by atoms with Gasteiger partial charge in [0.15, 0.2) is 0 Å². The Hall–Kier alpha value is -2.53. The zero-order valence-electron chi connectivity index (χ0n) is 26.5. The topological polar surface area (TPSA) is 68.7 Å². The van der Waals surface area contributed by atoms with Crippen LogP contribution in [0.25, 0.3) is 0 Å². The van der Waals surface area contributed by atoms with Crippen LogP contribution in [-0.2, 0) is 11.4 Å². The van der Waals surface area contributed by atoms with Crippen molar-refractivity contribution in [2.24, 2.45) is 5.16 Å². The number of carbonyl (C=O) groups is 2. The third-order valence-corrected chi connectivity index (χ3v) is 10.7. The molecule has 0 unspecified atom stereocenters. The maximum absolute atomic E-state index is 13.4. The van der Waals surface area contributed by atoms with Crippen molar-refractivity contribution in [2.45, 2.75) is 44.2 Å². The second-order valence-electron chi connectivity index (χ2n) is 12.1. The van der Waals surface area contributed by atoms with Gasteiger partial charge < -0.3 is 24.4 Å². The summed E-state index contributed by atoms with van der Waals surface area (Å²) in [6.45, 7) is 5.07. The first-order valence-corrected chi connectivity index (χ1v) is 18.1. The number of hydrogen-bond acceptors (Lipinski definition) is 6. The van der Waals surface area contributed by atoms with Gasteiger partial charge in [0.1, 0.15) is 7.11 Å². The summed E-state index contributed by atoms with van der Waals surface area (Å²) in [6, 6.07) is 12.8. The van der Waals surface area contributed by atoms with Crippen molar-refractivity contribution < 1.29 is 14.4 Å². The Labute approximate surface area is 300 Å². The van der Waals surface area contributed by atoms with Gasteiger partial charge in [-0.3, -0.25) is 4.79 Å². The highest BCUT2D eigenvalue weighted by Gasteiger charge is 2.34. The normalized spacial score (nSPS) is 17.2.